The van der Waals surface area contributed by atoms with E-state index in [0.29, 0.717) is 17.0 Å². The van der Waals surface area contributed by atoms with Gasteiger partial charge in [-0.15, -0.1) is 0 Å². The summed E-state index contributed by atoms with van der Waals surface area (Å²) in [5.74, 6) is -1.41. The number of amides is 3. The van der Waals surface area contributed by atoms with Gasteiger partial charge in [0.1, 0.15) is 12.4 Å². The minimum Gasteiger partial charge on any atom is -0.478 e. The summed E-state index contributed by atoms with van der Waals surface area (Å²) in [5.41, 5.74) is 1.41. The Morgan fingerprint density at radius 2 is 1.71 bits per heavy atom. The number of anilines is 1. The Labute approximate surface area is 195 Å². The van der Waals surface area contributed by atoms with Crippen LogP contribution in [0.3, 0.4) is 0 Å². The lowest BCUT2D eigenvalue weighted by atomic mass is 9.95. The van der Waals surface area contributed by atoms with Crippen LogP contribution in [0.2, 0.25) is 0 Å². The number of benzene rings is 2. The number of urea groups is 1. The summed E-state index contributed by atoms with van der Waals surface area (Å²) < 4.78 is 16.1. The van der Waals surface area contributed by atoms with E-state index in [1.165, 1.54) is 0 Å². The molecule has 0 aromatic heterocycles. The lowest BCUT2D eigenvalue weighted by Crippen LogP contribution is -2.47. The zero-order valence-corrected chi connectivity index (χ0v) is 18.3. The first-order valence-electron chi connectivity index (χ1n) is 10.7. The first-order chi connectivity index (χ1) is 16.5. The number of esters is 2. The van der Waals surface area contributed by atoms with Gasteiger partial charge < -0.3 is 30.2 Å². The molecule has 0 saturated heterocycles. The zero-order valence-electron chi connectivity index (χ0n) is 18.3. The SMILES string of the molecule is CCOC(=O)C1=C(COC(=O)C[C@@H]2Oc3ccccc3NC2=O)NC(=O)N[C@@H]1c1ccccc1. The molecule has 2 heterocycles. The lowest BCUT2D eigenvalue weighted by molar-refractivity contribution is -0.147. The van der Waals surface area contributed by atoms with Crippen LogP contribution in [0.1, 0.15) is 24.9 Å². The number of fused-ring (bicyclic) bond motifs is 1. The molecule has 0 radical (unpaired) electrons. The molecule has 3 N–H and O–H groups in total. The first kappa shape index (κ1) is 22.8. The van der Waals surface area contributed by atoms with E-state index in [-0.39, 0.29) is 24.3 Å². The first-order valence-corrected chi connectivity index (χ1v) is 10.7. The Bertz CT molecular complexity index is 1150. The van der Waals surface area contributed by atoms with Crippen LogP contribution >= 0.6 is 0 Å². The molecular weight excluding hydrogens is 442 g/mol. The quantitative estimate of drug-likeness (QED) is 0.534. The largest absolute Gasteiger partial charge is 0.478 e. The van der Waals surface area contributed by atoms with Crippen LogP contribution in [-0.4, -0.2) is 43.2 Å². The van der Waals surface area contributed by atoms with E-state index in [9.17, 15) is 19.2 Å². The van der Waals surface area contributed by atoms with Crippen molar-refractivity contribution < 1.29 is 33.4 Å². The molecule has 0 spiro atoms. The molecule has 10 nitrogen and oxygen atoms in total. The van der Waals surface area contributed by atoms with Gasteiger partial charge in [0, 0.05) is 0 Å². The summed E-state index contributed by atoms with van der Waals surface area (Å²) in [6.45, 7) is 1.40. The second-order valence-corrected chi connectivity index (χ2v) is 7.51. The molecule has 0 bridgehead atoms. The van der Waals surface area contributed by atoms with Crippen molar-refractivity contribution >= 4 is 29.6 Å². The average molecular weight is 465 g/mol. The van der Waals surface area contributed by atoms with Gasteiger partial charge in [0.15, 0.2) is 6.10 Å². The van der Waals surface area contributed by atoms with Crippen molar-refractivity contribution in [1.82, 2.24) is 10.6 Å². The molecule has 10 heteroatoms. The van der Waals surface area contributed by atoms with Crippen LogP contribution in [-0.2, 0) is 23.9 Å². The summed E-state index contributed by atoms with van der Waals surface area (Å²) >= 11 is 0. The summed E-state index contributed by atoms with van der Waals surface area (Å²) in [6, 6.07) is 14.4. The number of carbonyl (C=O) groups excluding carboxylic acids is 4. The van der Waals surface area contributed by atoms with Crippen molar-refractivity contribution in [2.45, 2.75) is 25.5 Å². The topological polar surface area (TPSA) is 132 Å². The lowest BCUT2D eigenvalue weighted by Gasteiger charge is -2.29. The third kappa shape index (κ3) is 5.01. The van der Waals surface area contributed by atoms with Gasteiger partial charge in [-0.25, -0.2) is 9.59 Å². The third-order valence-corrected chi connectivity index (χ3v) is 5.22. The molecule has 2 aliphatic rings. The van der Waals surface area contributed by atoms with Gasteiger partial charge in [-0.2, -0.15) is 0 Å². The fourth-order valence-electron chi connectivity index (χ4n) is 3.67. The van der Waals surface area contributed by atoms with Crippen LogP contribution in [0.25, 0.3) is 0 Å². The Morgan fingerprint density at radius 1 is 0.971 bits per heavy atom. The highest BCUT2D eigenvalue weighted by Crippen LogP contribution is 2.30. The Hall–Kier alpha value is -4.34. The summed E-state index contributed by atoms with van der Waals surface area (Å²) in [4.78, 5) is 49.8. The second-order valence-electron chi connectivity index (χ2n) is 7.51. The molecular formula is C24H23N3O7. The highest BCUT2D eigenvalue weighted by Gasteiger charge is 2.35. The summed E-state index contributed by atoms with van der Waals surface area (Å²) in [7, 11) is 0. The van der Waals surface area contributed by atoms with Gasteiger partial charge in [0.25, 0.3) is 5.91 Å². The van der Waals surface area contributed by atoms with Gasteiger partial charge in [-0.1, -0.05) is 42.5 Å². The number of para-hydroxylation sites is 2. The molecule has 176 valence electrons. The van der Waals surface area contributed by atoms with Crippen LogP contribution in [0.4, 0.5) is 10.5 Å². The predicted octanol–water partition coefficient (Wildman–Crippen LogP) is 2.19. The third-order valence-electron chi connectivity index (χ3n) is 5.22. The van der Waals surface area contributed by atoms with Gasteiger partial charge in [0.2, 0.25) is 0 Å². The van der Waals surface area contributed by atoms with E-state index < -0.39 is 42.6 Å². The van der Waals surface area contributed by atoms with E-state index in [2.05, 4.69) is 16.0 Å². The van der Waals surface area contributed by atoms with Crippen LogP contribution in [0.5, 0.6) is 5.75 Å². The molecule has 2 aliphatic heterocycles. The standard InChI is InChI=1S/C24H23N3O7/c1-2-32-23(30)20-16(26-24(31)27-21(20)14-8-4-3-5-9-14)13-33-19(28)12-18-22(29)25-15-10-6-7-11-17(15)34-18/h3-11,18,21H,2,12-13H2,1H3,(H,25,29)(H2,26,27,31)/t18-,21+/m0/s1. The molecule has 3 amide bonds. The van der Waals surface area contributed by atoms with E-state index >= 15 is 0 Å². The van der Waals surface area contributed by atoms with Crippen molar-refractivity contribution in [3.8, 4) is 5.75 Å². The van der Waals surface area contributed by atoms with Gasteiger partial charge in [-0.05, 0) is 24.6 Å². The minimum atomic E-state index is -1.07. The maximum absolute atomic E-state index is 12.7. The highest BCUT2D eigenvalue weighted by molar-refractivity contribution is 5.99. The molecule has 2 aromatic carbocycles. The van der Waals surface area contributed by atoms with Gasteiger partial charge in [-0.3, -0.25) is 9.59 Å². The summed E-state index contributed by atoms with van der Waals surface area (Å²) in [5, 5.41) is 7.90. The second kappa shape index (κ2) is 10.1. The van der Waals surface area contributed by atoms with Crippen LogP contribution in [0, 0.1) is 0 Å². The van der Waals surface area contributed by atoms with Crippen molar-refractivity contribution in [3.63, 3.8) is 0 Å². The van der Waals surface area contributed by atoms with Gasteiger partial charge in [0.05, 0.1) is 36.0 Å². The molecule has 2 atom stereocenters. The van der Waals surface area contributed by atoms with Crippen molar-refractivity contribution in [1.29, 1.82) is 0 Å². The Morgan fingerprint density at radius 3 is 2.47 bits per heavy atom. The van der Waals surface area contributed by atoms with E-state index in [1.807, 2.05) is 6.07 Å². The number of carbonyl (C=O) groups is 4. The molecule has 34 heavy (non-hydrogen) atoms. The fraction of sp³-hybridized carbons (Fsp3) is 0.250. The van der Waals surface area contributed by atoms with E-state index in [0.717, 1.165) is 0 Å². The summed E-state index contributed by atoms with van der Waals surface area (Å²) in [6.07, 6.45) is -1.42. The highest BCUT2D eigenvalue weighted by atomic mass is 16.5. The molecule has 0 unspecified atom stereocenters. The van der Waals surface area contributed by atoms with E-state index in [1.54, 1.807) is 55.5 Å². The van der Waals surface area contributed by atoms with Crippen molar-refractivity contribution in [2.75, 3.05) is 18.5 Å². The number of hydrogen-bond donors (Lipinski definition) is 3. The van der Waals surface area contributed by atoms with Crippen molar-refractivity contribution in [2.24, 2.45) is 0 Å². The maximum Gasteiger partial charge on any atom is 0.338 e. The van der Waals surface area contributed by atoms with Crippen molar-refractivity contribution in [3.05, 3.63) is 71.4 Å². The monoisotopic (exact) mass is 465 g/mol. The number of nitrogens with one attached hydrogen (secondary N) is 3. The van der Waals surface area contributed by atoms with E-state index in [4.69, 9.17) is 14.2 Å². The smallest absolute Gasteiger partial charge is 0.338 e. The van der Waals surface area contributed by atoms with Gasteiger partial charge >= 0.3 is 18.0 Å². The molecule has 0 aliphatic carbocycles. The fourth-order valence-corrected chi connectivity index (χ4v) is 3.67. The Kier molecular flexibility index (Phi) is 6.77. The maximum atomic E-state index is 12.7. The molecule has 0 saturated carbocycles. The average Bonchev–Trinajstić information content (AvgIpc) is 2.83. The number of rotatable bonds is 7. The molecule has 2 aromatic rings. The number of hydrogen-bond acceptors (Lipinski definition) is 7. The minimum absolute atomic E-state index is 0.101. The zero-order chi connectivity index (χ0) is 24.1. The number of ether oxygens (including phenoxy) is 3. The Balaban J connectivity index is 1.50. The predicted molar refractivity (Wildman–Crippen MR) is 120 cm³/mol. The molecule has 4 rings (SSSR count). The molecule has 0 fully saturated rings. The van der Waals surface area contributed by atoms with Crippen LogP contribution in [0.15, 0.2) is 65.9 Å². The van der Waals surface area contributed by atoms with Crippen LogP contribution < -0.4 is 20.7 Å². The normalized spacial score (nSPS) is 19.1.